The summed E-state index contributed by atoms with van der Waals surface area (Å²) in [6.45, 7) is 5.81. The quantitative estimate of drug-likeness (QED) is 0.459. The van der Waals surface area contributed by atoms with Crippen LogP contribution in [0.5, 0.6) is 0 Å². The number of amides is 3. The summed E-state index contributed by atoms with van der Waals surface area (Å²) in [7, 11) is 0. The van der Waals surface area contributed by atoms with Gasteiger partial charge in [0.05, 0.1) is 0 Å². The van der Waals surface area contributed by atoms with E-state index in [2.05, 4.69) is 31.9 Å². The summed E-state index contributed by atoms with van der Waals surface area (Å²) in [5.41, 5.74) is 1.79. The molecular weight excluding hydrogens is 474 g/mol. The average molecular weight is 502 g/mol. The van der Waals surface area contributed by atoms with Crippen LogP contribution in [0.2, 0.25) is 0 Å². The highest BCUT2D eigenvalue weighted by molar-refractivity contribution is 9.10. The zero-order valence-corrected chi connectivity index (χ0v) is 20.0. The molecule has 0 radical (unpaired) electrons. The number of hydrogen-bond acceptors (Lipinski definition) is 4. The van der Waals surface area contributed by atoms with Crippen LogP contribution in [-0.4, -0.2) is 30.1 Å². The maximum Gasteiger partial charge on any atom is 0.407 e. The first-order valence-corrected chi connectivity index (χ1v) is 11.0. The van der Waals surface area contributed by atoms with Gasteiger partial charge in [0.25, 0.3) is 0 Å². The molecule has 3 N–H and O–H groups in total. The smallest absolute Gasteiger partial charge is 0.407 e. The van der Waals surface area contributed by atoms with Crippen LogP contribution < -0.4 is 16.0 Å². The predicted molar refractivity (Wildman–Crippen MR) is 129 cm³/mol. The minimum atomic E-state index is -0.582. The Labute approximate surface area is 196 Å². The molecule has 0 bridgehead atoms. The van der Waals surface area contributed by atoms with E-state index in [9.17, 15) is 14.4 Å². The fraction of sp³-hybridized carbons (Fsp3) is 0.292. The van der Waals surface area contributed by atoms with Gasteiger partial charge in [-0.3, -0.25) is 9.59 Å². The number of ether oxygens (including phenoxy) is 1. The van der Waals surface area contributed by atoms with Gasteiger partial charge in [0.1, 0.15) is 5.60 Å². The van der Waals surface area contributed by atoms with Gasteiger partial charge < -0.3 is 20.7 Å². The van der Waals surface area contributed by atoms with Crippen molar-refractivity contribution < 1.29 is 19.1 Å². The molecule has 0 heterocycles. The largest absolute Gasteiger partial charge is 0.444 e. The first-order valence-electron chi connectivity index (χ1n) is 10.2. The summed E-state index contributed by atoms with van der Waals surface area (Å²) in [6, 6.07) is 14.8. The van der Waals surface area contributed by atoms with Crippen LogP contribution in [-0.2, 0) is 20.9 Å². The van der Waals surface area contributed by atoms with Crippen LogP contribution in [0.3, 0.4) is 0 Å². The number of anilines is 1. The van der Waals surface area contributed by atoms with Crippen molar-refractivity contribution in [3.63, 3.8) is 0 Å². The van der Waals surface area contributed by atoms with E-state index in [0.717, 1.165) is 15.6 Å². The zero-order chi connectivity index (χ0) is 23.6. The second-order valence-corrected chi connectivity index (χ2v) is 8.85. The van der Waals surface area contributed by atoms with Crippen LogP contribution in [0.25, 0.3) is 6.08 Å². The second-order valence-electron chi connectivity index (χ2n) is 8.00. The van der Waals surface area contributed by atoms with Crippen molar-refractivity contribution in [3.05, 3.63) is 70.2 Å². The number of halogens is 1. The maximum absolute atomic E-state index is 12.2. The molecule has 170 valence electrons. The monoisotopic (exact) mass is 501 g/mol. The van der Waals surface area contributed by atoms with Crippen molar-refractivity contribution in [1.82, 2.24) is 10.6 Å². The molecule has 2 aromatic carbocycles. The van der Waals surface area contributed by atoms with E-state index in [0.29, 0.717) is 12.2 Å². The third-order valence-corrected chi connectivity index (χ3v) is 4.75. The minimum Gasteiger partial charge on any atom is -0.444 e. The first-order chi connectivity index (χ1) is 15.1. The summed E-state index contributed by atoms with van der Waals surface area (Å²) >= 11 is 3.44. The van der Waals surface area contributed by atoms with Crippen LogP contribution in [0.4, 0.5) is 10.5 Å². The molecule has 32 heavy (non-hydrogen) atoms. The van der Waals surface area contributed by atoms with Crippen molar-refractivity contribution in [1.29, 1.82) is 0 Å². The zero-order valence-electron chi connectivity index (χ0n) is 18.4. The highest BCUT2D eigenvalue weighted by atomic mass is 79.9. The lowest BCUT2D eigenvalue weighted by Crippen LogP contribution is -2.35. The average Bonchev–Trinajstić information content (AvgIpc) is 2.70. The molecule has 2 rings (SSSR count). The highest BCUT2D eigenvalue weighted by Gasteiger charge is 2.15. The normalized spacial score (nSPS) is 11.1. The van der Waals surface area contributed by atoms with Crippen LogP contribution in [0, 0.1) is 0 Å². The lowest BCUT2D eigenvalue weighted by Gasteiger charge is -2.19. The first kappa shape index (κ1) is 25.1. The third-order valence-electron chi connectivity index (χ3n) is 4.02. The van der Waals surface area contributed by atoms with Crippen LogP contribution in [0.1, 0.15) is 38.3 Å². The van der Waals surface area contributed by atoms with E-state index in [1.165, 1.54) is 6.08 Å². The lowest BCUT2D eigenvalue weighted by atomic mass is 10.2. The van der Waals surface area contributed by atoms with Crippen LogP contribution in [0.15, 0.2) is 59.1 Å². The van der Waals surface area contributed by atoms with E-state index in [1.54, 1.807) is 45.0 Å². The maximum atomic E-state index is 12.2. The molecule has 0 fully saturated rings. The van der Waals surface area contributed by atoms with Gasteiger partial charge in [-0.15, -0.1) is 0 Å². The molecule has 2 aromatic rings. The fourth-order valence-electron chi connectivity index (χ4n) is 2.60. The van der Waals surface area contributed by atoms with E-state index >= 15 is 0 Å². The number of alkyl carbamates (subject to hydrolysis) is 1. The van der Waals surface area contributed by atoms with E-state index in [-0.39, 0.29) is 24.8 Å². The number of hydrogen-bond donors (Lipinski definition) is 3. The summed E-state index contributed by atoms with van der Waals surface area (Å²) in [5, 5.41) is 8.15. The Morgan fingerprint density at radius 1 is 1.03 bits per heavy atom. The molecule has 0 atom stereocenters. The third kappa shape index (κ3) is 9.78. The lowest BCUT2D eigenvalue weighted by molar-refractivity contribution is -0.121. The van der Waals surface area contributed by atoms with Gasteiger partial charge in [0, 0.05) is 35.7 Å². The van der Waals surface area contributed by atoms with E-state index in [1.807, 2.05) is 30.3 Å². The van der Waals surface area contributed by atoms with Gasteiger partial charge in [0.15, 0.2) is 0 Å². The standard InChI is InChI=1S/C24H28BrN3O4/c1-24(2,3)32-23(31)26-14-13-21(29)27-16-17-7-6-9-19(15-17)28-22(30)12-11-18-8-4-5-10-20(18)25/h4-12,15H,13-14,16H2,1-3H3,(H,26,31)(H,27,29)(H,28,30)/b12-11+. The molecule has 0 unspecified atom stereocenters. The number of benzene rings is 2. The Balaban J connectivity index is 1.77. The number of carbonyl (C=O) groups excluding carboxylic acids is 3. The molecule has 0 saturated carbocycles. The molecule has 0 aliphatic carbocycles. The number of carbonyl (C=O) groups is 3. The Hall–Kier alpha value is -3.13. The van der Waals surface area contributed by atoms with E-state index in [4.69, 9.17) is 4.74 Å². The molecule has 0 saturated heterocycles. The molecule has 0 aliphatic heterocycles. The van der Waals surface area contributed by atoms with Gasteiger partial charge in [0.2, 0.25) is 11.8 Å². The highest BCUT2D eigenvalue weighted by Crippen LogP contribution is 2.17. The Morgan fingerprint density at radius 3 is 2.50 bits per heavy atom. The summed E-state index contributed by atoms with van der Waals surface area (Å²) in [4.78, 5) is 35.8. The summed E-state index contributed by atoms with van der Waals surface area (Å²) in [5.74, 6) is -0.456. The van der Waals surface area contributed by atoms with Crippen LogP contribution >= 0.6 is 15.9 Å². The molecule has 8 heteroatoms. The van der Waals surface area contributed by atoms with Gasteiger partial charge >= 0.3 is 6.09 Å². The van der Waals surface area contributed by atoms with Crippen molar-refractivity contribution >= 4 is 45.6 Å². The molecule has 0 spiro atoms. The Bertz CT molecular complexity index is 983. The topological polar surface area (TPSA) is 96.5 Å². The SMILES string of the molecule is CC(C)(C)OC(=O)NCCC(=O)NCc1cccc(NC(=O)/C=C/c2ccccc2Br)c1. The number of rotatable bonds is 8. The fourth-order valence-corrected chi connectivity index (χ4v) is 3.02. The number of nitrogens with one attached hydrogen (secondary N) is 3. The van der Waals surface area contributed by atoms with Crippen molar-refractivity contribution in [3.8, 4) is 0 Å². The van der Waals surface area contributed by atoms with Gasteiger partial charge in [-0.2, -0.15) is 0 Å². The van der Waals surface area contributed by atoms with Gasteiger partial charge in [-0.1, -0.05) is 46.3 Å². The van der Waals surface area contributed by atoms with Crippen molar-refractivity contribution in [2.24, 2.45) is 0 Å². The van der Waals surface area contributed by atoms with Crippen molar-refractivity contribution in [2.45, 2.75) is 39.3 Å². The van der Waals surface area contributed by atoms with Crippen molar-refractivity contribution in [2.75, 3.05) is 11.9 Å². The second kappa shape index (κ2) is 12.0. The molecule has 0 aromatic heterocycles. The molecular formula is C24H28BrN3O4. The van der Waals surface area contributed by atoms with Gasteiger partial charge in [-0.05, 0) is 56.2 Å². The van der Waals surface area contributed by atoms with E-state index < -0.39 is 11.7 Å². The summed E-state index contributed by atoms with van der Waals surface area (Å²) < 4.78 is 6.02. The molecule has 7 nitrogen and oxygen atoms in total. The molecule has 0 aliphatic rings. The Morgan fingerprint density at radius 2 is 1.78 bits per heavy atom. The van der Waals surface area contributed by atoms with Gasteiger partial charge in [-0.25, -0.2) is 4.79 Å². The minimum absolute atomic E-state index is 0.134. The summed E-state index contributed by atoms with van der Waals surface area (Å²) in [6.07, 6.45) is 2.78. The molecule has 3 amide bonds. The predicted octanol–water partition coefficient (Wildman–Crippen LogP) is 4.63. The Kier molecular flexibility index (Phi) is 9.46.